The van der Waals surface area contributed by atoms with E-state index in [4.69, 9.17) is 4.74 Å². The third kappa shape index (κ3) is 4.81. The first-order valence-electron chi connectivity index (χ1n) is 7.33. The Hall–Kier alpha value is 0.0600. The number of halogens is 1. The van der Waals surface area contributed by atoms with E-state index in [1.807, 2.05) is 11.3 Å². The van der Waals surface area contributed by atoms with E-state index in [0.717, 1.165) is 39.4 Å². The van der Waals surface area contributed by atoms with Crippen LogP contribution in [0.25, 0.3) is 0 Å². The largest absolute Gasteiger partial charge is 0.381 e. The Kier molecular flexibility index (Phi) is 6.49. The molecule has 0 unspecified atom stereocenters. The summed E-state index contributed by atoms with van der Waals surface area (Å²) in [5.41, 5.74) is 0.373. The van der Waals surface area contributed by atoms with E-state index < -0.39 is 0 Å². The molecule has 0 spiro atoms. The van der Waals surface area contributed by atoms with Crippen LogP contribution in [-0.4, -0.2) is 44.8 Å². The summed E-state index contributed by atoms with van der Waals surface area (Å²) in [6.07, 6.45) is 2.33. The average Bonchev–Trinajstić information content (AvgIpc) is 2.82. The van der Waals surface area contributed by atoms with Crippen molar-refractivity contribution in [3.63, 3.8) is 0 Å². The fraction of sp³-hybridized carbons (Fsp3) is 0.733. The van der Waals surface area contributed by atoms with Crippen molar-refractivity contribution in [2.45, 2.75) is 26.3 Å². The summed E-state index contributed by atoms with van der Waals surface area (Å²) in [5, 5.41) is 5.70. The molecular formula is C15H25BrN2OS. The Labute approximate surface area is 134 Å². The molecule has 0 aromatic carbocycles. The molecule has 0 aliphatic carbocycles. The second kappa shape index (κ2) is 7.90. The van der Waals surface area contributed by atoms with E-state index in [1.165, 1.54) is 22.2 Å². The Bertz CT molecular complexity index is 404. The predicted octanol–water partition coefficient (Wildman–Crippen LogP) is 3.35. The summed E-state index contributed by atoms with van der Waals surface area (Å²) in [5.74, 6) is 0. The SMILES string of the molecule is CCNCC1(CN(C)Cc2cc(Br)cs2)CCOCC1. The predicted molar refractivity (Wildman–Crippen MR) is 89.4 cm³/mol. The van der Waals surface area contributed by atoms with Crippen LogP contribution in [0.1, 0.15) is 24.6 Å². The minimum absolute atomic E-state index is 0.373. The van der Waals surface area contributed by atoms with Gasteiger partial charge in [-0.25, -0.2) is 0 Å². The van der Waals surface area contributed by atoms with Gasteiger partial charge in [-0.3, -0.25) is 0 Å². The molecular weight excluding hydrogens is 336 g/mol. The third-order valence-electron chi connectivity index (χ3n) is 3.96. The Morgan fingerprint density at radius 2 is 2.20 bits per heavy atom. The maximum atomic E-state index is 5.56. The summed E-state index contributed by atoms with van der Waals surface area (Å²) in [4.78, 5) is 3.88. The van der Waals surface area contributed by atoms with Gasteiger partial charge >= 0.3 is 0 Å². The van der Waals surface area contributed by atoms with E-state index in [9.17, 15) is 0 Å². The zero-order valence-corrected chi connectivity index (χ0v) is 14.9. The summed E-state index contributed by atoms with van der Waals surface area (Å²) in [6.45, 7) is 8.31. The lowest BCUT2D eigenvalue weighted by molar-refractivity contribution is -0.00127. The van der Waals surface area contributed by atoms with E-state index in [0.29, 0.717) is 5.41 Å². The lowest BCUT2D eigenvalue weighted by atomic mass is 9.79. The van der Waals surface area contributed by atoms with Gasteiger partial charge in [0.25, 0.3) is 0 Å². The smallest absolute Gasteiger partial charge is 0.0472 e. The molecule has 2 heterocycles. The van der Waals surface area contributed by atoms with Crippen LogP contribution in [0.4, 0.5) is 0 Å². The molecule has 1 fully saturated rings. The molecule has 0 radical (unpaired) electrons. The first-order chi connectivity index (χ1) is 9.63. The fourth-order valence-corrected chi connectivity index (χ4v) is 4.45. The molecule has 5 heteroatoms. The summed E-state index contributed by atoms with van der Waals surface area (Å²) in [6, 6.07) is 2.22. The monoisotopic (exact) mass is 360 g/mol. The van der Waals surface area contributed by atoms with Gasteiger partial charge in [-0.05, 0) is 53.8 Å². The molecule has 3 nitrogen and oxygen atoms in total. The van der Waals surface area contributed by atoms with Crippen molar-refractivity contribution in [1.29, 1.82) is 0 Å². The van der Waals surface area contributed by atoms with Crippen molar-refractivity contribution in [3.8, 4) is 0 Å². The molecule has 0 amide bonds. The fourth-order valence-electron chi connectivity index (χ4n) is 2.92. The second-order valence-electron chi connectivity index (χ2n) is 5.80. The van der Waals surface area contributed by atoms with Gasteiger partial charge in [0.2, 0.25) is 0 Å². The number of ether oxygens (including phenoxy) is 1. The van der Waals surface area contributed by atoms with Gasteiger partial charge in [-0.2, -0.15) is 0 Å². The van der Waals surface area contributed by atoms with E-state index in [2.05, 4.69) is 51.6 Å². The number of hydrogen-bond donors (Lipinski definition) is 1. The Balaban J connectivity index is 1.92. The number of nitrogens with one attached hydrogen (secondary N) is 1. The first-order valence-corrected chi connectivity index (χ1v) is 9.01. The molecule has 20 heavy (non-hydrogen) atoms. The minimum Gasteiger partial charge on any atom is -0.381 e. The quantitative estimate of drug-likeness (QED) is 0.806. The second-order valence-corrected chi connectivity index (χ2v) is 7.71. The lowest BCUT2D eigenvalue weighted by Gasteiger charge is -2.40. The minimum atomic E-state index is 0.373. The number of nitrogens with zero attached hydrogens (tertiary/aromatic N) is 1. The van der Waals surface area contributed by atoms with Crippen molar-refractivity contribution in [1.82, 2.24) is 10.2 Å². The Morgan fingerprint density at radius 3 is 2.80 bits per heavy atom. The molecule has 1 N–H and O–H groups in total. The standard InChI is InChI=1S/C15H25BrN2OS/c1-3-17-11-15(4-6-19-7-5-15)12-18(2)9-14-8-13(16)10-20-14/h8,10,17H,3-7,9,11-12H2,1-2H3. The Morgan fingerprint density at radius 1 is 1.45 bits per heavy atom. The van der Waals surface area contributed by atoms with Crippen LogP contribution in [0.5, 0.6) is 0 Å². The number of hydrogen-bond acceptors (Lipinski definition) is 4. The topological polar surface area (TPSA) is 24.5 Å². The first kappa shape index (κ1) is 16.4. The van der Waals surface area contributed by atoms with E-state index in [-0.39, 0.29) is 0 Å². The van der Waals surface area contributed by atoms with Crippen molar-refractivity contribution in [2.75, 3.05) is 39.9 Å². The highest BCUT2D eigenvalue weighted by Gasteiger charge is 2.33. The summed E-state index contributed by atoms with van der Waals surface area (Å²) in [7, 11) is 2.23. The van der Waals surface area contributed by atoms with Crippen LogP contribution < -0.4 is 5.32 Å². The third-order valence-corrected chi connectivity index (χ3v) is 5.64. The molecule has 0 atom stereocenters. The van der Waals surface area contributed by atoms with Gasteiger partial charge in [-0.1, -0.05) is 6.92 Å². The van der Waals surface area contributed by atoms with E-state index in [1.54, 1.807) is 0 Å². The maximum Gasteiger partial charge on any atom is 0.0472 e. The zero-order chi connectivity index (χ0) is 14.4. The lowest BCUT2D eigenvalue weighted by Crippen LogP contribution is -2.46. The highest BCUT2D eigenvalue weighted by atomic mass is 79.9. The van der Waals surface area contributed by atoms with Gasteiger partial charge in [0.05, 0.1) is 0 Å². The van der Waals surface area contributed by atoms with E-state index >= 15 is 0 Å². The van der Waals surface area contributed by atoms with Gasteiger partial charge in [0.1, 0.15) is 0 Å². The van der Waals surface area contributed by atoms with Gasteiger partial charge in [-0.15, -0.1) is 11.3 Å². The molecule has 114 valence electrons. The van der Waals surface area contributed by atoms with Crippen LogP contribution in [0.2, 0.25) is 0 Å². The molecule has 1 saturated heterocycles. The van der Waals surface area contributed by atoms with Crippen LogP contribution in [-0.2, 0) is 11.3 Å². The van der Waals surface area contributed by atoms with Crippen LogP contribution in [0, 0.1) is 5.41 Å². The number of rotatable bonds is 7. The van der Waals surface area contributed by atoms with Gasteiger partial charge in [0.15, 0.2) is 0 Å². The summed E-state index contributed by atoms with van der Waals surface area (Å²) < 4.78 is 6.75. The van der Waals surface area contributed by atoms with Crippen molar-refractivity contribution in [2.24, 2.45) is 5.41 Å². The molecule has 1 aromatic rings. The molecule has 0 saturated carbocycles. The van der Waals surface area contributed by atoms with Gasteiger partial charge < -0.3 is 15.0 Å². The molecule has 2 rings (SSSR count). The zero-order valence-electron chi connectivity index (χ0n) is 12.5. The normalized spacial score (nSPS) is 18.6. The highest BCUT2D eigenvalue weighted by Crippen LogP contribution is 2.31. The molecule has 1 aromatic heterocycles. The summed E-state index contributed by atoms with van der Waals surface area (Å²) >= 11 is 5.36. The molecule has 1 aliphatic heterocycles. The highest BCUT2D eigenvalue weighted by molar-refractivity contribution is 9.10. The average molecular weight is 361 g/mol. The molecule has 1 aliphatic rings. The van der Waals surface area contributed by atoms with Crippen molar-refractivity contribution >= 4 is 27.3 Å². The molecule has 0 bridgehead atoms. The van der Waals surface area contributed by atoms with Crippen LogP contribution >= 0.6 is 27.3 Å². The van der Waals surface area contributed by atoms with Gasteiger partial charge in [0, 0.05) is 47.6 Å². The maximum absolute atomic E-state index is 5.56. The van der Waals surface area contributed by atoms with Crippen molar-refractivity contribution < 1.29 is 4.74 Å². The van der Waals surface area contributed by atoms with Crippen molar-refractivity contribution in [3.05, 3.63) is 20.8 Å². The number of thiophene rings is 1. The van der Waals surface area contributed by atoms with Crippen LogP contribution in [0.3, 0.4) is 0 Å². The van der Waals surface area contributed by atoms with Crippen LogP contribution in [0.15, 0.2) is 15.9 Å².